The minimum Gasteiger partial charge on any atom is -0.399 e. The Morgan fingerprint density at radius 3 is 2.38 bits per heavy atom. The van der Waals surface area contributed by atoms with E-state index in [1.165, 1.54) is 0 Å². The van der Waals surface area contributed by atoms with E-state index in [9.17, 15) is 0 Å². The third-order valence-electron chi connectivity index (χ3n) is 5.40. The number of nitrogens with zero attached hydrogens (tertiary/aromatic N) is 2. The number of benzene rings is 1. The highest BCUT2D eigenvalue weighted by Crippen LogP contribution is 2.36. The summed E-state index contributed by atoms with van der Waals surface area (Å²) in [5.41, 5.74) is 1.38. The number of hydrogen-bond donors (Lipinski definition) is 0. The van der Waals surface area contributed by atoms with Crippen LogP contribution in [0.4, 0.5) is 0 Å². The molecule has 1 fully saturated rings. The van der Waals surface area contributed by atoms with Crippen LogP contribution in [0.5, 0.6) is 0 Å². The molecule has 3 rings (SSSR count). The zero-order chi connectivity index (χ0) is 19.2. The highest BCUT2D eigenvalue weighted by atomic mass is 28.3. The van der Waals surface area contributed by atoms with Gasteiger partial charge in [0.25, 0.3) is 0 Å². The van der Waals surface area contributed by atoms with Crippen molar-refractivity contribution >= 4 is 31.6 Å². The van der Waals surface area contributed by atoms with E-state index in [1.807, 2.05) is 10.9 Å². The van der Waals surface area contributed by atoms with Crippen molar-refractivity contribution in [2.24, 2.45) is 0 Å². The summed E-state index contributed by atoms with van der Waals surface area (Å²) < 4.78 is 20.1. The lowest BCUT2D eigenvalue weighted by molar-refractivity contribution is 0.00578. The van der Waals surface area contributed by atoms with Gasteiger partial charge in [-0.15, -0.1) is 0 Å². The van der Waals surface area contributed by atoms with Gasteiger partial charge in [-0.3, -0.25) is 0 Å². The standard InChI is InChI=1S/C19H31BN2O3Si/c1-18(2)19(3,4)25-20(24-18)16-9-8-15-13-21-22(17(15)12-16)14-23-10-11-26(5,6)7/h8-9,12-13H,10-11,14H2,1-7H3. The van der Waals surface area contributed by atoms with Gasteiger partial charge in [0.2, 0.25) is 0 Å². The molecular formula is C19H31BN2O3Si. The maximum Gasteiger partial charge on any atom is 0.494 e. The van der Waals surface area contributed by atoms with Crippen LogP contribution in [0.2, 0.25) is 25.7 Å². The van der Waals surface area contributed by atoms with Crippen LogP contribution in [0.15, 0.2) is 24.4 Å². The summed E-state index contributed by atoms with van der Waals surface area (Å²) in [6, 6.07) is 7.39. The van der Waals surface area contributed by atoms with Gasteiger partial charge in [0.15, 0.2) is 0 Å². The van der Waals surface area contributed by atoms with Crippen LogP contribution in [0.25, 0.3) is 10.9 Å². The summed E-state index contributed by atoms with van der Waals surface area (Å²) in [6.07, 6.45) is 1.88. The number of fused-ring (bicyclic) bond motifs is 1. The van der Waals surface area contributed by atoms with Crippen LogP contribution >= 0.6 is 0 Å². The summed E-state index contributed by atoms with van der Waals surface area (Å²) >= 11 is 0. The fourth-order valence-corrected chi connectivity index (χ4v) is 3.60. The minimum absolute atomic E-state index is 0.340. The normalized spacial score (nSPS) is 19.4. The van der Waals surface area contributed by atoms with E-state index in [1.54, 1.807) is 0 Å². The van der Waals surface area contributed by atoms with Gasteiger partial charge in [-0.05, 0) is 45.3 Å². The Bertz CT molecular complexity index is 767. The molecule has 142 valence electrons. The molecule has 0 unspecified atom stereocenters. The van der Waals surface area contributed by atoms with Gasteiger partial charge >= 0.3 is 7.12 Å². The van der Waals surface area contributed by atoms with Gasteiger partial charge in [-0.25, -0.2) is 4.68 Å². The highest BCUT2D eigenvalue weighted by Gasteiger charge is 2.51. The Kier molecular flexibility index (Phi) is 5.12. The van der Waals surface area contributed by atoms with Gasteiger partial charge in [0.1, 0.15) is 6.73 Å². The number of rotatable bonds is 6. The molecule has 5 nitrogen and oxygen atoms in total. The first kappa shape index (κ1) is 19.6. The van der Waals surface area contributed by atoms with Gasteiger partial charge in [0.05, 0.1) is 22.9 Å². The Morgan fingerprint density at radius 1 is 1.12 bits per heavy atom. The SMILES string of the molecule is CC1(C)OB(c2ccc3cnn(COCC[Si](C)(C)C)c3c2)OC1(C)C. The van der Waals surface area contributed by atoms with E-state index < -0.39 is 8.07 Å². The van der Waals surface area contributed by atoms with Crippen molar-refractivity contribution in [3.63, 3.8) is 0 Å². The first-order valence-electron chi connectivity index (χ1n) is 9.37. The molecule has 1 aromatic heterocycles. The lowest BCUT2D eigenvalue weighted by atomic mass is 9.79. The Labute approximate surface area is 158 Å². The zero-order valence-electron chi connectivity index (χ0n) is 17.1. The van der Waals surface area contributed by atoms with Crippen molar-refractivity contribution in [3.8, 4) is 0 Å². The van der Waals surface area contributed by atoms with Crippen molar-refractivity contribution in [2.75, 3.05) is 6.61 Å². The smallest absolute Gasteiger partial charge is 0.399 e. The lowest BCUT2D eigenvalue weighted by Crippen LogP contribution is -2.41. The molecule has 0 spiro atoms. The molecule has 26 heavy (non-hydrogen) atoms. The fraction of sp³-hybridized carbons (Fsp3) is 0.632. The largest absolute Gasteiger partial charge is 0.494 e. The molecule has 0 saturated carbocycles. The number of hydrogen-bond acceptors (Lipinski definition) is 4. The third kappa shape index (κ3) is 4.06. The van der Waals surface area contributed by atoms with Crippen LogP contribution < -0.4 is 5.46 Å². The van der Waals surface area contributed by atoms with Crippen molar-refractivity contribution in [1.29, 1.82) is 0 Å². The molecule has 0 atom stereocenters. The molecule has 2 heterocycles. The predicted octanol–water partition coefficient (Wildman–Crippen LogP) is 3.65. The highest BCUT2D eigenvalue weighted by molar-refractivity contribution is 6.76. The molecule has 0 amide bonds. The Hall–Kier alpha value is -1.15. The van der Waals surface area contributed by atoms with Gasteiger partial charge < -0.3 is 14.0 Å². The minimum atomic E-state index is -1.07. The van der Waals surface area contributed by atoms with Crippen molar-refractivity contribution in [1.82, 2.24) is 9.78 Å². The molecule has 1 saturated heterocycles. The molecule has 0 bridgehead atoms. The second kappa shape index (κ2) is 6.78. The van der Waals surface area contributed by atoms with E-state index in [0.717, 1.165) is 29.0 Å². The number of ether oxygens (including phenoxy) is 1. The second-order valence-corrected chi connectivity index (χ2v) is 15.0. The first-order chi connectivity index (χ1) is 12.0. The molecule has 0 N–H and O–H groups in total. The van der Waals surface area contributed by atoms with Crippen LogP contribution in [-0.4, -0.2) is 42.8 Å². The quantitative estimate of drug-likeness (QED) is 0.572. The number of aromatic nitrogens is 2. The first-order valence-corrected chi connectivity index (χ1v) is 13.1. The van der Waals surface area contributed by atoms with Crippen LogP contribution in [-0.2, 0) is 20.8 Å². The Morgan fingerprint density at radius 2 is 1.77 bits per heavy atom. The zero-order valence-corrected chi connectivity index (χ0v) is 18.1. The molecular weight excluding hydrogens is 343 g/mol. The maximum absolute atomic E-state index is 6.17. The summed E-state index contributed by atoms with van der Waals surface area (Å²) in [4.78, 5) is 0. The van der Waals surface area contributed by atoms with Crippen LogP contribution in [0, 0.1) is 0 Å². The summed E-state index contributed by atoms with van der Waals surface area (Å²) in [7, 11) is -1.44. The van der Waals surface area contributed by atoms with Crippen molar-refractivity contribution < 1.29 is 14.0 Å². The molecule has 2 aromatic rings. The predicted molar refractivity (Wildman–Crippen MR) is 110 cm³/mol. The summed E-state index contributed by atoms with van der Waals surface area (Å²) in [5.74, 6) is 0. The molecule has 1 aliphatic rings. The van der Waals surface area contributed by atoms with Crippen LogP contribution in [0.3, 0.4) is 0 Å². The second-order valence-electron chi connectivity index (χ2n) is 9.40. The topological polar surface area (TPSA) is 45.5 Å². The summed E-state index contributed by atoms with van der Waals surface area (Å²) in [6.45, 7) is 16.6. The average Bonchev–Trinajstić information content (AvgIpc) is 3.00. The van der Waals surface area contributed by atoms with Crippen LogP contribution in [0.1, 0.15) is 27.7 Å². The Balaban J connectivity index is 1.74. The van der Waals surface area contributed by atoms with E-state index >= 15 is 0 Å². The fourth-order valence-electron chi connectivity index (χ4n) is 2.85. The van der Waals surface area contributed by atoms with Gasteiger partial charge in [0, 0.05) is 20.1 Å². The van der Waals surface area contributed by atoms with Crippen molar-refractivity contribution in [2.45, 2.75) is 71.3 Å². The van der Waals surface area contributed by atoms with Gasteiger partial charge in [-0.2, -0.15) is 5.10 Å². The van der Waals surface area contributed by atoms with E-state index in [-0.39, 0.29) is 18.3 Å². The van der Waals surface area contributed by atoms with E-state index in [4.69, 9.17) is 14.0 Å². The maximum atomic E-state index is 6.17. The monoisotopic (exact) mass is 374 g/mol. The molecule has 0 aliphatic carbocycles. The molecule has 1 aliphatic heterocycles. The average molecular weight is 374 g/mol. The molecule has 1 aromatic carbocycles. The molecule has 7 heteroatoms. The molecule has 0 radical (unpaired) electrons. The van der Waals surface area contributed by atoms with Gasteiger partial charge in [-0.1, -0.05) is 31.8 Å². The van der Waals surface area contributed by atoms with E-state index in [2.05, 4.69) is 70.6 Å². The third-order valence-corrected chi connectivity index (χ3v) is 7.11. The lowest BCUT2D eigenvalue weighted by Gasteiger charge is -2.32. The van der Waals surface area contributed by atoms with E-state index in [0.29, 0.717) is 6.73 Å². The summed E-state index contributed by atoms with van der Waals surface area (Å²) in [5, 5.41) is 5.57. The van der Waals surface area contributed by atoms with Crippen molar-refractivity contribution in [3.05, 3.63) is 24.4 Å².